The molecule has 0 radical (unpaired) electrons. The van der Waals surface area contributed by atoms with Crippen LogP contribution in [0.25, 0.3) is 0 Å². The number of halogens is 3. The Morgan fingerprint density at radius 2 is 1.85 bits per heavy atom. The van der Waals surface area contributed by atoms with Crippen LogP contribution in [0.4, 0.5) is 8.78 Å². The number of primary amides is 1. The average molecular weight is 399 g/mol. The summed E-state index contributed by atoms with van der Waals surface area (Å²) >= 11 is 5.81. The van der Waals surface area contributed by atoms with Crippen molar-refractivity contribution in [3.63, 3.8) is 0 Å². The highest BCUT2D eigenvalue weighted by Crippen LogP contribution is 2.22. The van der Waals surface area contributed by atoms with Crippen LogP contribution in [0, 0.1) is 0 Å². The van der Waals surface area contributed by atoms with Gasteiger partial charge in [-0.1, -0.05) is 23.7 Å². The minimum absolute atomic E-state index is 0.0350. The Morgan fingerprint density at radius 1 is 1.19 bits per heavy atom. The molecule has 0 unspecified atom stereocenters. The quantitative estimate of drug-likeness (QED) is 0.740. The van der Waals surface area contributed by atoms with E-state index in [1.165, 1.54) is 35.2 Å². The lowest BCUT2D eigenvalue weighted by Crippen LogP contribution is -2.31. The van der Waals surface area contributed by atoms with Crippen LogP contribution in [0.2, 0.25) is 5.02 Å². The van der Waals surface area contributed by atoms with Gasteiger partial charge in [0.25, 0.3) is 11.8 Å². The van der Waals surface area contributed by atoms with Crippen LogP contribution in [0.3, 0.4) is 0 Å². The van der Waals surface area contributed by atoms with E-state index in [0.717, 1.165) is 5.56 Å². The number of amides is 2. The molecule has 0 atom stereocenters. The van der Waals surface area contributed by atoms with Crippen molar-refractivity contribution in [2.24, 2.45) is 5.73 Å². The Balaban J connectivity index is 1.93. The fraction of sp³-hybridized carbons (Fsp3) is 0.222. The Morgan fingerprint density at radius 3 is 2.44 bits per heavy atom. The predicted octanol–water partition coefficient (Wildman–Crippen LogP) is 3.08. The molecule has 2 aromatic carbocycles. The molecule has 0 saturated carbocycles. The summed E-state index contributed by atoms with van der Waals surface area (Å²) in [5, 5.41) is 0.318. The topological polar surface area (TPSA) is 81.9 Å². The molecule has 0 aliphatic heterocycles. The zero-order valence-corrected chi connectivity index (χ0v) is 15.1. The number of hydrogen-bond donors (Lipinski definition) is 1. The zero-order valence-electron chi connectivity index (χ0n) is 14.3. The summed E-state index contributed by atoms with van der Waals surface area (Å²) in [5.41, 5.74) is 6.06. The summed E-state index contributed by atoms with van der Waals surface area (Å²) in [6, 6.07) is 10.3. The monoisotopic (exact) mass is 398 g/mol. The number of benzene rings is 2. The third-order valence-electron chi connectivity index (χ3n) is 3.55. The van der Waals surface area contributed by atoms with E-state index in [9.17, 15) is 18.4 Å². The normalized spacial score (nSPS) is 10.6. The van der Waals surface area contributed by atoms with Crippen molar-refractivity contribution in [2.45, 2.75) is 13.2 Å². The summed E-state index contributed by atoms with van der Waals surface area (Å²) in [7, 11) is 1.56. The van der Waals surface area contributed by atoms with Gasteiger partial charge in [-0.3, -0.25) is 9.59 Å². The third kappa shape index (κ3) is 6.10. The highest BCUT2D eigenvalue weighted by molar-refractivity contribution is 6.31. The van der Waals surface area contributed by atoms with Gasteiger partial charge in [-0.25, -0.2) is 0 Å². The number of nitrogens with zero attached hydrogens (tertiary/aromatic N) is 1. The van der Waals surface area contributed by atoms with Crippen LogP contribution in [-0.4, -0.2) is 37.0 Å². The molecule has 144 valence electrons. The van der Waals surface area contributed by atoms with E-state index in [0.29, 0.717) is 5.02 Å². The highest BCUT2D eigenvalue weighted by atomic mass is 35.5. The zero-order chi connectivity index (χ0) is 20.0. The summed E-state index contributed by atoms with van der Waals surface area (Å²) in [6.07, 6.45) is 0. The molecule has 2 aromatic rings. The molecule has 2 rings (SSSR count). The number of likely N-dealkylation sites (N-methyl/N-ethyl adjacent to an activating group) is 1. The van der Waals surface area contributed by atoms with Gasteiger partial charge in [-0.2, -0.15) is 8.78 Å². The summed E-state index contributed by atoms with van der Waals surface area (Å²) in [4.78, 5) is 25.0. The summed E-state index contributed by atoms with van der Waals surface area (Å²) < 4.78 is 33.9. The van der Waals surface area contributed by atoms with Crippen molar-refractivity contribution in [1.82, 2.24) is 4.90 Å². The smallest absolute Gasteiger partial charge is 0.387 e. The molecule has 6 nitrogen and oxygen atoms in total. The minimum atomic E-state index is -2.89. The van der Waals surface area contributed by atoms with Gasteiger partial charge < -0.3 is 20.1 Å². The van der Waals surface area contributed by atoms with Crippen molar-refractivity contribution < 1.29 is 27.8 Å². The SMILES string of the molecule is CN(Cc1ccc(OC(F)F)cc1)C(=O)COc1ccc(Cl)cc1C(N)=O. The highest BCUT2D eigenvalue weighted by Gasteiger charge is 2.15. The van der Waals surface area contributed by atoms with E-state index in [4.69, 9.17) is 22.1 Å². The fourth-order valence-corrected chi connectivity index (χ4v) is 2.38. The first kappa shape index (κ1) is 20.4. The van der Waals surface area contributed by atoms with Gasteiger partial charge in [-0.15, -0.1) is 0 Å². The Hall–Kier alpha value is -2.87. The van der Waals surface area contributed by atoms with Gasteiger partial charge in [0.05, 0.1) is 5.56 Å². The molecule has 0 spiro atoms. The first-order valence-corrected chi connectivity index (χ1v) is 8.14. The van der Waals surface area contributed by atoms with E-state index >= 15 is 0 Å². The number of hydrogen-bond acceptors (Lipinski definition) is 4. The fourth-order valence-electron chi connectivity index (χ4n) is 2.21. The number of carbonyl (C=O) groups excluding carboxylic acids is 2. The Kier molecular flexibility index (Phi) is 6.95. The molecular formula is C18H17ClF2N2O4. The average Bonchev–Trinajstić information content (AvgIpc) is 2.61. The molecule has 9 heteroatoms. The molecule has 0 aliphatic rings. The summed E-state index contributed by atoms with van der Waals surface area (Å²) in [5.74, 6) is -0.886. The Labute approximate surface area is 159 Å². The maximum Gasteiger partial charge on any atom is 0.387 e. The van der Waals surface area contributed by atoms with E-state index in [1.807, 2.05) is 0 Å². The lowest BCUT2D eigenvalue weighted by molar-refractivity contribution is -0.132. The van der Waals surface area contributed by atoms with Crippen LogP contribution in [0.5, 0.6) is 11.5 Å². The predicted molar refractivity (Wildman–Crippen MR) is 95.0 cm³/mol. The van der Waals surface area contributed by atoms with Crippen molar-refractivity contribution in [3.05, 3.63) is 58.6 Å². The van der Waals surface area contributed by atoms with E-state index in [2.05, 4.69) is 4.74 Å². The van der Waals surface area contributed by atoms with Crippen LogP contribution in [0.1, 0.15) is 15.9 Å². The number of alkyl halides is 2. The first-order valence-electron chi connectivity index (χ1n) is 7.76. The number of nitrogens with two attached hydrogens (primary N) is 1. The van der Waals surface area contributed by atoms with Crippen molar-refractivity contribution >= 4 is 23.4 Å². The molecule has 2 amide bonds. The standard InChI is InChI=1S/C18H17ClF2N2O4/c1-23(9-11-2-5-13(6-3-11)27-18(20)21)16(24)10-26-15-7-4-12(19)8-14(15)17(22)25/h2-8,18H,9-10H2,1H3,(H2,22,25). The van der Waals surface area contributed by atoms with Crippen LogP contribution in [0.15, 0.2) is 42.5 Å². The lowest BCUT2D eigenvalue weighted by atomic mass is 10.2. The number of rotatable bonds is 8. The minimum Gasteiger partial charge on any atom is -0.483 e. The van der Waals surface area contributed by atoms with Crippen molar-refractivity contribution in [3.8, 4) is 11.5 Å². The van der Waals surface area contributed by atoms with E-state index in [1.54, 1.807) is 19.2 Å². The second kappa shape index (κ2) is 9.18. The molecule has 0 heterocycles. The maximum absolute atomic E-state index is 12.2. The molecule has 2 N–H and O–H groups in total. The second-order valence-corrected chi connectivity index (χ2v) is 6.00. The van der Waals surface area contributed by atoms with Gasteiger partial charge in [0.2, 0.25) is 0 Å². The first-order chi connectivity index (χ1) is 12.8. The molecule has 0 aromatic heterocycles. The van der Waals surface area contributed by atoms with E-state index < -0.39 is 12.5 Å². The lowest BCUT2D eigenvalue weighted by Gasteiger charge is -2.18. The molecule has 0 aliphatic carbocycles. The number of ether oxygens (including phenoxy) is 2. The Bertz CT molecular complexity index is 816. The molecule has 0 fully saturated rings. The van der Waals surface area contributed by atoms with Crippen LogP contribution < -0.4 is 15.2 Å². The largest absolute Gasteiger partial charge is 0.483 e. The van der Waals surface area contributed by atoms with Gasteiger partial charge in [0.1, 0.15) is 11.5 Å². The summed E-state index contributed by atoms with van der Waals surface area (Å²) in [6.45, 7) is -2.97. The van der Waals surface area contributed by atoms with Gasteiger partial charge in [0, 0.05) is 18.6 Å². The van der Waals surface area contributed by atoms with Crippen LogP contribution in [-0.2, 0) is 11.3 Å². The van der Waals surface area contributed by atoms with E-state index in [-0.39, 0.29) is 36.1 Å². The molecule has 0 saturated heterocycles. The van der Waals surface area contributed by atoms with Gasteiger partial charge in [0.15, 0.2) is 6.61 Å². The maximum atomic E-state index is 12.2. The molecule has 27 heavy (non-hydrogen) atoms. The second-order valence-electron chi connectivity index (χ2n) is 5.57. The van der Waals surface area contributed by atoms with Crippen molar-refractivity contribution in [2.75, 3.05) is 13.7 Å². The number of carbonyl (C=O) groups is 2. The third-order valence-corrected chi connectivity index (χ3v) is 3.79. The van der Waals surface area contributed by atoms with Gasteiger partial charge in [-0.05, 0) is 35.9 Å². The molecule has 0 bridgehead atoms. The van der Waals surface area contributed by atoms with Crippen LogP contribution >= 0.6 is 11.6 Å². The van der Waals surface area contributed by atoms with Gasteiger partial charge >= 0.3 is 6.61 Å². The molecular weight excluding hydrogens is 382 g/mol. The van der Waals surface area contributed by atoms with Crippen molar-refractivity contribution in [1.29, 1.82) is 0 Å².